The normalized spacial score (nSPS) is 14.1. The van der Waals surface area contributed by atoms with Gasteiger partial charge >= 0.3 is 0 Å². The number of nitrogens with one attached hydrogen (secondary N) is 1. The number of hydrogen-bond donors (Lipinski definition) is 2. The van der Waals surface area contributed by atoms with Crippen LogP contribution in [-0.4, -0.2) is 19.0 Å². The molecule has 0 bridgehead atoms. The van der Waals surface area contributed by atoms with Crippen molar-refractivity contribution in [2.24, 2.45) is 5.84 Å². The van der Waals surface area contributed by atoms with Crippen LogP contribution < -0.4 is 16.2 Å². The van der Waals surface area contributed by atoms with Gasteiger partial charge in [0.1, 0.15) is 0 Å². The van der Waals surface area contributed by atoms with Gasteiger partial charge in [0.15, 0.2) is 0 Å². The third kappa shape index (κ3) is 3.96. The molecule has 1 amide bonds. The van der Waals surface area contributed by atoms with Crippen LogP contribution in [0.15, 0.2) is 24.3 Å². The van der Waals surface area contributed by atoms with E-state index in [1.54, 1.807) is 0 Å². The topological polar surface area (TPSA) is 58.4 Å². The van der Waals surface area contributed by atoms with Gasteiger partial charge in [0.25, 0.3) is 0 Å². The summed E-state index contributed by atoms with van der Waals surface area (Å²) in [5.74, 6) is 4.98. The van der Waals surface area contributed by atoms with E-state index >= 15 is 0 Å². The molecule has 0 aliphatic carbocycles. The first-order valence-corrected chi connectivity index (χ1v) is 7.13. The Labute approximate surface area is 114 Å². The summed E-state index contributed by atoms with van der Waals surface area (Å²) in [4.78, 5) is 13.5. The molecule has 1 aliphatic rings. The lowest BCUT2D eigenvalue weighted by Crippen LogP contribution is -2.30. The Morgan fingerprint density at radius 2 is 2.11 bits per heavy atom. The molecule has 0 spiro atoms. The summed E-state index contributed by atoms with van der Waals surface area (Å²) in [5.41, 5.74) is 5.03. The average Bonchev–Trinajstić information content (AvgIpc) is 2.46. The lowest BCUT2D eigenvalue weighted by atomic mass is 10.0. The van der Waals surface area contributed by atoms with E-state index in [1.165, 1.54) is 24.1 Å². The molecule has 0 saturated carbocycles. The highest BCUT2D eigenvalue weighted by Gasteiger charge is 2.15. The van der Waals surface area contributed by atoms with Crippen LogP contribution in [0.4, 0.5) is 5.69 Å². The molecule has 0 radical (unpaired) electrons. The predicted octanol–water partition coefficient (Wildman–Crippen LogP) is 1.99. The Bertz CT molecular complexity index is 420. The van der Waals surface area contributed by atoms with Crippen molar-refractivity contribution in [3.05, 3.63) is 29.8 Å². The van der Waals surface area contributed by atoms with Crippen molar-refractivity contribution in [2.45, 2.75) is 38.5 Å². The first-order valence-electron chi connectivity index (χ1n) is 7.13. The minimum atomic E-state index is -0.0664. The maximum Gasteiger partial charge on any atom is 0.233 e. The van der Waals surface area contributed by atoms with Gasteiger partial charge < -0.3 is 4.90 Å². The zero-order valence-electron chi connectivity index (χ0n) is 11.4. The lowest BCUT2D eigenvalue weighted by molar-refractivity contribution is -0.121. The smallest absolute Gasteiger partial charge is 0.233 e. The number of aryl methyl sites for hydroxylation is 1. The van der Waals surface area contributed by atoms with Gasteiger partial charge in [-0.15, -0.1) is 0 Å². The minimum Gasteiger partial charge on any atom is -0.371 e. The first-order chi connectivity index (χ1) is 9.31. The molecule has 0 unspecified atom stereocenters. The predicted molar refractivity (Wildman–Crippen MR) is 77.8 cm³/mol. The highest BCUT2D eigenvalue weighted by atomic mass is 16.2. The number of anilines is 1. The maximum absolute atomic E-state index is 11.0. The first kappa shape index (κ1) is 13.9. The van der Waals surface area contributed by atoms with Gasteiger partial charge in [-0.05, 0) is 37.3 Å². The third-order valence-corrected chi connectivity index (χ3v) is 3.70. The maximum atomic E-state index is 11.0. The van der Waals surface area contributed by atoms with E-state index in [9.17, 15) is 4.79 Å². The Hall–Kier alpha value is -1.55. The SMILES string of the molecule is NNC(=O)CCCCCN1CCCc2ccccc21. The fourth-order valence-corrected chi connectivity index (χ4v) is 2.68. The Kier molecular flexibility index (Phi) is 5.21. The van der Waals surface area contributed by atoms with Crippen LogP contribution in [-0.2, 0) is 11.2 Å². The van der Waals surface area contributed by atoms with Gasteiger partial charge in [-0.25, -0.2) is 5.84 Å². The van der Waals surface area contributed by atoms with Gasteiger partial charge in [-0.3, -0.25) is 10.2 Å². The van der Waals surface area contributed by atoms with E-state index in [1.807, 2.05) is 0 Å². The number of unbranched alkanes of at least 4 members (excludes halogenated alkanes) is 2. The molecular weight excluding hydrogens is 238 g/mol. The van der Waals surface area contributed by atoms with Crippen molar-refractivity contribution in [3.63, 3.8) is 0 Å². The molecule has 104 valence electrons. The largest absolute Gasteiger partial charge is 0.371 e. The highest BCUT2D eigenvalue weighted by molar-refractivity contribution is 5.75. The Morgan fingerprint density at radius 3 is 2.95 bits per heavy atom. The molecule has 1 aromatic carbocycles. The van der Waals surface area contributed by atoms with Crippen molar-refractivity contribution < 1.29 is 4.79 Å². The van der Waals surface area contributed by atoms with Crippen molar-refractivity contribution in [2.75, 3.05) is 18.0 Å². The van der Waals surface area contributed by atoms with Gasteiger partial charge in [0.05, 0.1) is 0 Å². The average molecular weight is 261 g/mol. The van der Waals surface area contributed by atoms with Crippen molar-refractivity contribution in [1.82, 2.24) is 5.43 Å². The number of hydrogen-bond acceptors (Lipinski definition) is 3. The van der Waals surface area contributed by atoms with Crippen LogP contribution in [0, 0.1) is 0 Å². The number of rotatable bonds is 6. The summed E-state index contributed by atoms with van der Waals surface area (Å²) < 4.78 is 0. The number of carbonyl (C=O) groups excluding carboxylic acids is 1. The van der Waals surface area contributed by atoms with Crippen molar-refractivity contribution in [1.29, 1.82) is 0 Å². The molecule has 1 heterocycles. The van der Waals surface area contributed by atoms with E-state index < -0.39 is 0 Å². The fraction of sp³-hybridized carbons (Fsp3) is 0.533. The highest BCUT2D eigenvalue weighted by Crippen LogP contribution is 2.26. The molecule has 4 heteroatoms. The van der Waals surface area contributed by atoms with Crippen LogP contribution in [0.1, 0.15) is 37.7 Å². The van der Waals surface area contributed by atoms with E-state index in [4.69, 9.17) is 5.84 Å². The summed E-state index contributed by atoms with van der Waals surface area (Å²) in [6.45, 7) is 2.24. The van der Waals surface area contributed by atoms with Crippen LogP contribution >= 0.6 is 0 Å². The molecule has 1 aliphatic heterocycles. The molecule has 0 atom stereocenters. The lowest BCUT2D eigenvalue weighted by Gasteiger charge is -2.31. The molecule has 19 heavy (non-hydrogen) atoms. The van der Waals surface area contributed by atoms with Crippen LogP contribution in [0.2, 0.25) is 0 Å². The number of fused-ring (bicyclic) bond motifs is 1. The summed E-state index contributed by atoms with van der Waals surface area (Å²) in [5, 5.41) is 0. The summed E-state index contributed by atoms with van der Waals surface area (Å²) in [6, 6.07) is 8.68. The van der Waals surface area contributed by atoms with Gasteiger partial charge in [-0.2, -0.15) is 0 Å². The van der Waals surface area contributed by atoms with Crippen molar-refractivity contribution in [3.8, 4) is 0 Å². The molecule has 0 fully saturated rings. The quantitative estimate of drug-likeness (QED) is 0.356. The summed E-state index contributed by atoms with van der Waals surface area (Å²) >= 11 is 0. The monoisotopic (exact) mass is 261 g/mol. The molecule has 3 N–H and O–H groups in total. The molecule has 0 aromatic heterocycles. The number of benzene rings is 1. The standard InChI is InChI=1S/C15H23N3O/c16-17-15(19)10-2-1-5-11-18-12-6-8-13-7-3-4-9-14(13)18/h3-4,7,9H,1-2,5-6,8,10-12,16H2,(H,17,19). The number of para-hydroxylation sites is 1. The summed E-state index contributed by atoms with van der Waals surface area (Å²) in [7, 11) is 0. The Balaban J connectivity index is 1.74. The Morgan fingerprint density at radius 1 is 1.26 bits per heavy atom. The second-order valence-electron chi connectivity index (χ2n) is 5.10. The summed E-state index contributed by atoms with van der Waals surface area (Å²) in [6.07, 6.45) is 6.10. The van der Waals surface area contributed by atoms with Gasteiger partial charge in [0.2, 0.25) is 5.91 Å². The second-order valence-corrected chi connectivity index (χ2v) is 5.10. The van der Waals surface area contributed by atoms with Crippen LogP contribution in [0.5, 0.6) is 0 Å². The van der Waals surface area contributed by atoms with Gasteiger partial charge in [0, 0.05) is 25.2 Å². The number of nitrogens with zero attached hydrogens (tertiary/aromatic N) is 1. The van der Waals surface area contributed by atoms with Crippen molar-refractivity contribution >= 4 is 11.6 Å². The van der Waals surface area contributed by atoms with Crippen LogP contribution in [0.25, 0.3) is 0 Å². The molecule has 2 rings (SSSR count). The zero-order chi connectivity index (χ0) is 13.5. The third-order valence-electron chi connectivity index (χ3n) is 3.70. The number of amides is 1. The number of hydrazine groups is 1. The van der Waals surface area contributed by atoms with E-state index in [-0.39, 0.29) is 5.91 Å². The minimum absolute atomic E-state index is 0.0664. The zero-order valence-corrected chi connectivity index (χ0v) is 11.4. The van der Waals surface area contributed by atoms with Gasteiger partial charge in [-0.1, -0.05) is 24.6 Å². The van der Waals surface area contributed by atoms with E-state index in [0.717, 1.165) is 32.4 Å². The fourth-order valence-electron chi connectivity index (χ4n) is 2.68. The van der Waals surface area contributed by atoms with Crippen LogP contribution in [0.3, 0.4) is 0 Å². The second kappa shape index (κ2) is 7.14. The molecule has 4 nitrogen and oxygen atoms in total. The molecule has 0 saturated heterocycles. The van der Waals surface area contributed by atoms with E-state index in [0.29, 0.717) is 6.42 Å². The number of nitrogens with two attached hydrogens (primary N) is 1. The van der Waals surface area contributed by atoms with E-state index in [2.05, 4.69) is 34.6 Å². The number of carbonyl (C=O) groups is 1. The molecular formula is C15H23N3O. The molecule has 1 aromatic rings.